The largest absolute Gasteiger partial charge is 0.417 e. The second-order valence-electron chi connectivity index (χ2n) is 1.99. The van der Waals surface area contributed by atoms with Gasteiger partial charge >= 0.3 is 6.18 Å². The first kappa shape index (κ1) is 12.5. The Hall–Kier alpha value is -0.520. The van der Waals surface area contributed by atoms with Crippen molar-refractivity contribution in [1.82, 2.24) is 4.98 Å². The SMILES string of the molecule is FC(F)(F)c1cnc(Cl)c(Cl)c1.O. The Bertz CT molecular complexity index is 302. The van der Waals surface area contributed by atoms with Gasteiger partial charge in [0.05, 0.1) is 10.6 Å². The fourth-order valence-electron chi connectivity index (χ4n) is 0.576. The lowest BCUT2D eigenvalue weighted by atomic mass is 10.3. The minimum Gasteiger partial charge on any atom is -0.412 e. The number of hydrogen-bond acceptors (Lipinski definition) is 1. The van der Waals surface area contributed by atoms with Crippen molar-refractivity contribution in [3.8, 4) is 0 Å². The summed E-state index contributed by atoms with van der Waals surface area (Å²) in [5, 5.41) is -0.337. The van der Waals surface area contributed by atoms with Gasteiger partial charge < -0.3 is 5.48 Å². The van der Waals surface area contributed by atoms with Gasteiger partial charge in [-0.3, -0.25) is 0 Å². The molecule has 0 bridgehead atoms. The Morgan fingerprint density at radius 3 is 2.15 bits per heavy atom. The van der Waals surface area contributed by atoms with E-state index in [4.69, 9.17) is 23.2 Å². The van der Waals surface area contributed by atoms with Crippen LogP contribution in [0.3, 0.4) is 0 Å². The van der Waals surface area contributed by atoms with Crippen LogP contribution in [-0.4, -0.2) is 10.5 Å². The molecule has 0 amide bonds. The van der Waals surface area contributed by atoms with Crippen LogP contribution in [0.1, 0.15) is 5.56 Å². The van der Waals surface area contributed by atoms with Gasteiger partial charge in [0.1, 0.15) is 5.15 Å². The minimum atomic E-state index is -4.43. The first-order valence-electron chi connectivity index (χ1n) is 2.79. The van der Waals surface area contributed by atoms with E-state index in [-0.39, 0.29) is 15.7 Å². The Labute approximate surface area is 81.6 Å². The summed E-state index contributed by atoms with van der Waals surface area (Å²) in [6, 6.07) is 0.733. The summed E-state index contributed by atoms with van der Waals surface area (Å²) < 4.78 is 35.9. The van der Waals surface area contributed by atoms with E-state index in [1.807, 2.05) is 0 Å². The second kappa shape index (κ2) is 4.13. The summed E-state index contributed by atoms with van der Waals surface area (Å²) in [5.41, 5.74) is -0.906. The van der Waals surface area contributed by atoms with Crippen LogP contribution in [0.15, 0.2) is 12.3 Å². The lowest BCUT2D eigenvalue weighted by molar-refractivity contribution is -0.137. The van der Waals surface area contributed by atoms with Crippen molar-refractivity contribution in [2.75, 3.05) is 0 Å². The number of aromatic nitrogens is 1. The molecule has 1 aromatic rings. The van der Waals surface area contributed by atoms with E-state index in [0.717, 1.165) is 6.07 Å². The second-order valence-corrected chi connectivity index (χ2v) is 2.76. The molecule has 0 aliphatic heterocycles. The molecule has 1 heterocycles. The number of nitrogens with zero attached hydrogens (tertiary/aromatic N) is 1. The Morgan fingerprint density at radius 1 is 1.23 bits per heavy atom. The quantitative estimate of drug-likeness (QED) is 0.636. The van der Waals surface area contributed by atoms with E-state index in [0.29, 0.717) is 6.20 Å². The molecule has 2 nitrogen and oxygen atoms in total. The Morgan fingerprint density at radius 2 is 1.77 bits per heavy atom. The van der Waals surface area contributed by atoms with Crippen molar-refractivity contribution in [1.29, 1.82) is 0 Å². The zero-order valence-corrected chi connectivity index (χ0v) is 7.50. The van der Waals surface area contributed by atoms with Crippen LogP contribution in [0.5, 0.6) is 0 Å². The molecule has 1 aromatic heterocycles. The number of pyridine rings is 1. The van der Waals surface area contributed by atoms with Crippen LogP contribution in [0, 0.1) is 0 Å². The minimum absolute atomic E-state index is 0. The predicted molar refractivity (Wildman–Crippen MR) is 42.9 cm³/mol. The number of alkyl halides is 3. The summed E-state index contributed by atoms with van der Waals surface area (Å²) in [6.45, 7) is 0. The highest BCUT2D eigenvalue weighted by Gasteiger charge is 2.31. The van der Waals surface area contributed by atoms with Gasteiger partial charge in [-0.25, -0.2) is 4.98 Å². The summed E-state index contributed by atoms with van der Waals surface area (Å²) in [7, 11) is 0. The van der Waals surface area contributed by atoms with Gasteiger partial charge in [0.2, 0.25) is 0 Å². The first-order chi connectivity index (χ1) is 5.41. The smallest absolute Gasteiger partial charge is 0.412 e. The van der Waals surface area contributed by atoms with E-state index < -0.39 is 11.7 Å². The van der Waals surface area contributed by atoms with E-state index in [9.17, 15) is 13.2 Å². The molecule has 0 atom stereocenters. The van der Waals surface area contributed by atoms with Crippen molar-refractivity contribution in [3.05, 3.63) is 28.0 Å². The lowest BCUT2D eigenvalue weighted by Crippen LogP contribution is -2.05. The molecule has 0 saturated carbocycles. The van der Waals surface area contributed by atoms with Crippen LogP contribution in [0.25, 0.3) is 0 Å². The van der Waals surface area contributed by atoms with E-state index >= 15 is 0 Å². The summed E-state index contributed by atoms with van der Waals surface area (Å²) in [4.78, 5) is 3.26. The highest BCUT2D eigenvalue weighted by atomic mass is 35.5. The van der Waals surface area contributed by atoms with Gasteiger partial charge in [0.15, 0.2) is 0 Å². The molecular weight excluding hydrogens is 230 g/mol. The van der Waals surface area contributed by atoms with Crippen LogP contribution in [-0.2, 0) is 6.18 Å². The van der Waals surface area contributed by atoms with Gasteiger partial charge in [-0.2, -0.15) is 13.2 Å². The topological polar surface area (TPSA) is 44.4 Å². The molecule has 0 aliphatic rings. The van der Waals surface area contributed by atoms with Gasteiger partial charge in [0, 0.05) is 6.20 Å². The van der Waals surface area contributed by atoms with Crippen molar-refractivity contribution in [2.24, 2.45) is 0 Å². The van der Waals surface area contributed by atoms with Crippen LogP contribution in [0.2, 0.25) is 10.2 Å². The molecule has 74 valence electrons. The zero-order valence-electron chi connectivity index (χ0n) is 5.99. The van der Waals surface area contributed by atoms with Gasteiger partial charge in [-0.1, -0.05) is 23.2 Å². The molecule has 0 aliphatic carbocycles. The molecule has 0 unspecified atom stereocenters. The van der Waals surface area contributed by atoms with Crippen LogP contribution in [0.4, 0.5) is 13.2 Å². The maximum atomic E-state index is 12.0. The van der Waals surface area contributed by atoms with Crippen molar-refractivity contribution in [3.63, 3.8) is 0 Å². The van der Waals surface area contributed by atoms with E-state index in [1.54, 1.807) is 0 Å². The summed E-state index contributed by atoms with van der Waals surface area (Å²) in [5.74, 6) is 0. The fraction of sp³-hybridized carbons (Fsp3) is 0.167. The lowest BCUT2D eigenvalue weighted by Gasteiger charge is -2.05. The predicted octanol–water partition coefficient (Wildman–Crippen LogP) is 2.58. The van der Waals surface area contributed by atoms with Crippen LogP contribution >= 0.6 is 23.2 Å². The molecule has 7 heteroatoms. The third kappa shape index (κ3) is 3.02. The average molecular weight is 234 g/mol. The van der Waals surface area contributed by atoms with Crippen LogP contribution < -0.4 is 0 Å². The average Bonchev–Trinajstić information content (AvgIpc) is 1.92. The molecule has 2 N–H and O–H groups in total. The zero-order chi connectivity index (χ0) is 9.35. The number of halogens is 5. The number of hydrogen-bond donors (Lipinski definition) is 0. The number of rotatable bonds is 0. The van der Waals surface area contributed by atoms with E-state index in [1.165, 1.54) is 0 Å². The molecule has 13 heavy (non-hydrogen) atoms. The van der Waals surface area contributed by atoms with Gasteiger partial charge in [-0.05, 0) is 6.07 Å². The van der Waals surface area contributed by atoms with E-state index in [2.05, 4.69) is 4.98 Å². The first-order valence-corrected chi connectivity index (χ1v) is 3.55. The highest BCUT2D eigenvalue weighted by Crippen LogP contribution is 2.31. The molecule has 1 rings (SSSR count). The molecule has 0 aromatic carbocycles. The molecule has 0 radical (unpaired) electrons. The monoisotopic (exact) mass is 233 g/mol. The molecular formula is C6H4Cl2F3NO. The summed E-state index contributed by atoms with van der Waals surface area (Å²) >= 11 is 10.6. The van der Waals surface area contributed by atoms with Crippen molar-refractivity contribution in [2.45, 2.75) is 6.18 Å². The fourth-order valence-corrected chi connectivity index (χ4v) is 0.846. The third-order valence-corrected chi connectivity index (χ3v) is 1.81. The maximum absolute atomic E-state index is 12.0. The summed E-state index contributed by atoms with van der Waals surface area (Å²) in [6.07, 6.45) is -3.80. The maximum Gasteiger partial charge on any atom is 0.417 e. The third-order valence-electron chi connectivity index (χ3n) is 1.12. The standard InChI is InChI=1S/C6H2Cl2F3N.H2O/c7-4-1-3(6(9,10)11)2-12-5(4)8;/h1-2H;1H2. The van der Waals surface area contributed by atoms with Crippen molar-refractivity contribution < 1.29 is 18.6 Å². The normalized spacial score (nSPS) is 10.8. The molecule has 0 spiro atoms. The Kier molecular flexibility index (Phi) is 3.96. The highest BCUT2D eigenvalue weighted by molar-refractivity contribution is 6.41. The molecule has 0 saturated heterocycles. The molecule has 0 fully saturated rings. The Balaban J connectivity index is 0.00000144. The van der Waals surface area contributed by atoms with Gasteiger partial charge in [0.25, 0.3) is 0 Å². The van der Waals surface area contributed by atoms with Gasteiger partial charge in [-0.15, -0.1) is 0 Å². The van der Waals surface area contributed by atoms with Crippen molar-refractivity contribution >= 4 is 23.2 Å².